The summed E-state index contributed by atoms with van der Waals surface area (Å²) in [6.07, 6.45) is 3.81. The molecule has 3 aliphatic rings. The lowest BCUT2D eigenvalue weighted by molar-refractivity contribution is 0.0475. The normalized spacial score (nSPS) is 24.1. The fraction of sp³-hybridized carbons (Fsp3) is 0.550. The van der Waals surface area contributed by atoms with Gasteiger partial charge in [0, 0.05) is 18.7 Å². The first-order valence-corrected chi connectivity index (χ1v) is 9.57. The molecule has 2 aliphatic heterocycles. The lowest BCUT2D eigenvalue weighted by Gasteiger charge is -2.29. The predicted octanol–water partition coefficient (Wildman–Crippen LogP) is 1.32. The molecule has 0 radical (unpaired) electrons. The third-order valence-electron chi connectivity index (χ3n) is 5.94. The van der Waals surface area contributed by atoms with E-state index in [2.05, 4.69) is 5.32 Å². The lowest BCUT2D eigenvalue weighted by atomic mass is 9.95. The molecule has 1 aliphatic carbocycles. The van der Waals surface area contributed by atoms with Crippen LogP contribution >= 0.6 is 0 Å². The average molecular weight is 371 g/mol. The molecule has 0 aromatic heterocycles. The van der Waals surface area contributed by atoms with Crippen molar-refractivity contribution in [1.82, 2.24) is 10.2 Å². The molecule has 144 valence electrons. The number of fused-ring (bicyclic) bond motifs is 1. The van der Waals surface area contributed by atoms with Gasteiger partial charge in [0.2, 0.25) is 0 Å². The van der Waals surface area contributed by atoms with Gasteiger partial charge < -0.3 is 15.8 Å². The fourth-order valence-electron chi connectivity index (χ4n) is 3.96. The van der Waals surface area contributed by atoms with Crippen molar-refractivity contribution in [3.8, 4) is 0 Å². The molecule has 2 atom stereocenters. The first kappa shape index (κ1) is 18.1. The highest BCUT2D eigenvalue weighted by Crippen LogP contribution is 2.39. The SMILES string of the molecule is CC(CN)(NC(=O)c1ccc2c(c1)C(=O)N(CC1CCCO1)C2=O)C1CC1. The third-order valence-corrected chi connectivity index (χ3v) is 5.94. The van der Waals surface area contributed by atoms with E-state index in [1.807, 2.05) is 6.92 Å². The summed E-state index contributed by atoms with van der Waals surface area (Å²) < 4.78 is 5.55. The molecule has 1 saturated heterocycles. The summed E-state index contributed by atoms with van der Waals surface area (Å²) in [5, 5.41) is 3.01. The monoisotopic (exact) mass is 371 g/mol. The summed E-state index contributed by atoms with van der Waals surface area (Å²) in [4.78, 5) is 39.2. The number of hydrogen-bond acceptors (Lipinski definition) is 5. The molecule has 3 amide bonds. The Balaban J connectivity index is 1.52. The maximum atomic E-state index is 12.7. The van der Waals surface area contributed by atoms with Gasteiger partial charge in [-0.25, -0.2) is 0 Å². The molecule has 4 rings (SSSR count). The molecule has 0 bridgehead atoms. The van der Waals surface area contributed by atoms with E-state index in [1.54, 1.807) is 12.1 Å². The van der Waals surface area contributed by atoms with Gasteiger partial charge in [0.05, 0.1) is 29.3 Å². The van der Waals surface area contributed by atoms with Crippen molar-refractivity contribution in [3.63, 3.8) is 0 Å². The van der Waals surface area contributed by atoms with Crippen molar-refractivity contribution in [1.29, 1.82) is 0 Å². The standard InChI is InChI=1S/C20H25N3O4/c1-20(11-21,13-5-6-13)22-17(24)12-4-7-15-16(9-12)19(26)23(18(15)25)10-14-3-2-8-27-14/h4,7,9,13-14H,2-3,5-6,8,10-11,21H2,1H3,(H,22,24). The highest BCUT2D eigenvalue weighted by molar-refractivity contribution is 6.22. The molecule has 1 saturated carbocycles. The molecule has 2 fully saturated rings. The Morgan fingerprint density at radius 1 is 1.26 bits per heavy atom. The highest BCUT2D eigenvalue weighted by Gasteiger charge is 2.42. The second-order valence-electron chi connectivity index (χ2n) is 7.97. The van der Waals surface area contributed by atoms with Crippen molar-refractivity contribution in [2.45, 2.75) is 44.2 Å². The Kier molecular flexibility index (Phi) is 4.52. The minimum atomic E-state index is -0.443. The molecule has 2 heterocycles. The van der Waals surface area contributed by atoms with Crippen molar-refractivity contribution in [2.24, 2.45) is 11.7 Å². The van der Waals surface area contributed by atoms with Gasteiger partial charge in [-0.3, -0.25) is 19.3 Å². The number of benzene rings is 1. The number of carbonyl (C=O) groups is 3. The number of hydrogen-bond donors (Lipinski definition) is 2. The van der Waals surface area contributed by atoms with E-state index in [0.29, 0.717) is 30.2 Å². The largest absolute Gasteiger partial charge is 0.376 e. The number of nitrogens with zero attached hydrogens (tertiary/aromatic N) is 1. The number of ether oxygens (including phenoxy) is 1. The summed E-state index contributed by atoms with van der Waals surface area (Å²) in [6.45, 7) is 3.24. The Hall–Kier alpha value is -2.25. The van der Waals surface area contributed by atoms with E-state index in [4.69, 9.17) is 10.5 Å². The van der Waals surface area contributed by atoms with Crippen LogP contribution in [0.2, 0.25) is 0 Å². The molecular weight excluding hydrogens is 346 g/mol. The van der Waals surface area contributed by atoms with E-state index in [-0.39, 0.29) is 35.9 Å². The topological polar surface area (TPSA) is 102 Å². The van der Waals surface area contributed by atoms with Gasteiger partial charge in [-0.05, 0) is 56.7 Å². The number of amides is 3. The van der Waals surface area contributed by atoms with Crippen molar-refractivity contribution in [2.75, 3.05) is 19.7 Å². The Bertz CT molecular complexity index is 798. The van der Waals surface area contributed by atoms with Crippen LogP contribution in [0.5, 0.6) is 0 Å². The van der Waals surface area contributed by atoms with Crippen LogP contribution in [0.3, 0.4) is 0 Å². The maximum absolute atomic E-state index is 12.7. The molecule has 0 spiro atoms. The van der Waals surface area contributed by atoms with Gasteiger partial charge >= 0.3 is 0 Å². The van der Waals surface area contributed by atoms with Gasteiger partial charge in [0.25, 0.3) is 17.7 Å². The second-order valence-corrected chi connectivity index (χ2v) is 7.97. The minimum Gasteiger partial charge on any atom is -0.376 e. The summed E-state index contributed by atoms with van der Waals surface area (Å²) in [6, 6.07) is 4.68. The zero-order valence-corrected chi connectivity index (χ0v) is 15.5. The summed E-state index contributed by atoms with van der Waals surface area (Å²) >= 11 is 0. The third kappa shape index (κ3) is 3.26. The van der Waals surface area contributed by atoms with Crippen LogP contribution in [0.4, 0.5) is 0 Å². The van der Waals surface area contributed by atoms with Crippen molar-refractivity contribution in [3.05, 3.63) is 34.9 Å². The first-order chi connectivity index (χ1) is 12.9. The Morgan fingerprint density at radius 2 is 2.00 bits per heavy atom. The molecule has 1 aromatic carbocycles. The number of rotatable bonds is 6. The summed E-state index contributed by atoms with van der Waals surface area (Å²) in [7, 11) is 0. The molecule has 1 aromatic rings. The summed E-state index contributed by atoms with van der Waals surface area (Å²) in [5.41, 5.74) is 6.43. The molecule has 7 nitrogen and oxygen atoms in total. The van der Waals surface area contributed by atoms with Crippen LogP contribution < -0.4 is 11.1 Å². The highest BCUT2D eigenvalue weighted by atomic mass is 16.5. The molecule has 7 heteroatoms. The number of nitrogens with one attached hydrogen (secondary N) is 1. The average Bonchev–Trinajstić information content (AvgIpc) is 3.37. The smallest absolute Gasteiger partial charge is 0.261 e. The Morgan fingerprint density at radius 3 is 2.63 bits per heavy atom. The van der Waals surface area contributed by atoms with E-state index in [9.17, 15) is 14.4 Å². The van der Waals surface area contributed by atoms with Crippen LogP contribution in [0.25, 0.3) is 0 Å². The molecule has 27 heavy (non-hydrogen) atoms. The van der Waals surface area contributed by atoms with Crippen LogP contribution in [0.1, 0.15) is 63.7 Å². The van der Waals surface area contributed by atoms with E-state index < -0.39 is 5.54 Å². The molecular formula is C20H25N3O4. The van der Waals surface area contributed by atoms with Crippen LogP contribution in [0.15, 0.2) is 18.2 Å². The fourth-order valence-corrected chi connectivity index (χ4v) is 3.96. The van der Waals surface area contributed by atoms with Gasteiger partial charge in [0.15, 0.2) is 0 Å². The van der Waals surface area contributed by atoms with Crippen molar-refractivity contribution < 1.29 is 19.1 Å². The molecule has 2 unspecified atom stereocenters. The van der Waals surface area contributed by atoms with E-state index >= 15 is 0 Å². The zero-order valence-electron chi connectivity index (χ0n) is 15.5. The predicted molar refractivity (Wildman–Crippen MR) is 98.4 cm³/mol. The number of imide groups is 1. The lowest BCUT2D eigenvalue weighted by Crippen LogP contribution is -2.53. The van der Waals surface area contributed by atoms with Gasteiger partial charge in [-0.1, -0.05) is 0 Å². The van der Waals surface area contributed by atoms with E-state index in [1.165, 1.54) is 11.0 Å². The van der Waals surface area contributed by atoms with Crippen molar-refractivity contribution >= 4 is 17.7 Å². The first-order valence-electron chi connectivity index (χ1n) is 9.57. The van der Waals surface area contributed by atoms with Crippen LogP contribution in [-0.2, 0) is 4.74 Å². The molecule has 3 N–H and O–H groups in total. The Labute approximate surface area is 158 Å². The second kappa shape index (κ2) is 6.73. The zero-order chi connectivity index (χ0) is 19.2. The minimum absolute atomic E-state index is 0.0983. The number of nitrogens with two attached hydrogens (primary N) is 1. The van der Waals surface area contributed by atoms with Gasteiger partial charge in [-0.15, -0.1) is 0 Å². The van der Waals surface area contributed by atoms with E-state index in [0.717, 1.165) is 25.7 Å². The van der Waals surface area contributed by atoms with Gasteiger partial charge in [-0.2, -0.15) is 0 Å². The summed E-state index contributed by atoms with van der Waals surface area (Å²) in [5.74, 6) is -0.548. The number of carbonyl (C=O) groups excluding carboxylic acids is 3. The quantitative estimate of drug-likeness (QED) is 0.735. The van der Waals surface area contributed by atoms with Crippen LogP contribution in [-0.4, -0.2) is 54.0 Å². The van der Waals surface area contributed by atoms with Crippen LogP contribution in [0, 0.1) is 5.92 Å². The maximum Gasteiger partial charge on any atom is 0.261 e. The van der Waals surface area contributed by atoms with Gasteiger partial charge in [0.1, 0.15) is 0 Å².